The number of hydrazine groups is 1. The zero-order chi connectivity index (χ0) is 8.55. The van der Waals surface area contributed by atoms with E-state index in [1.165, 1.54) is 12.8 Å². The van der Waals surface area contributed by atoms with E-state index in [0.29, 0.717) is 17.1 Å². The molecule has 0 spiro atoms. The number of hydrogen-bond donors (Lipinski definition) is 3. The van der Waals surface area contributed by atoms with E-state index in [1.807, 2.05) is 0 Å². The predicted octanol–water partition coefficient (Wildman–Crippen LogP) is 0.289. The summed E-state index contributed by atoms with van der Waals surface area (Å²) in [7, 11) is 0. The van der Waals surface area contributed by atoms with Crippen LogP contribution in [0.3, 0.4) is 0 Å². The van der Waals surface area contributed by atoms with Crippen LogP contribution in [0.15, 0.2) is 12.2 Å². The topological polar surface area (TPSA) is 50.1 Å². The fourth-order valence-corrected chi connectivity index (χ4v) is 2.31. The third-order valence-electron chi connectivity index (χ3n) is 2.73. The number of thiocarbonyl (C=S) groups is 1. The zero-order valence-corrected chi connectivity index (χ0v) is 7.60. The fraction of sp³-hybridized carbons (Fsp3) is 0.625. The maximum Gasteiger partial charge on any atom is 0.180 e. The molecule has 0 unspecified atom stereocenters. The third kappa shape index (κ3) is 1.32. The first-order valence-electron chi connectivity index (χ1n) is 4.25. The number of fused-ring (bicyclic) bond motifs is 2. The quantitative estimate of drug-likeness (QED) is 0.237. The standard InChI is InChI=1S/C8H13N3S/c9-11-8(12)10-7-4-5-1-2-6(7)3-5/h1-2,5-7H,3-4,9H2,(H2,10,11,12)/t5-,6-,7-/m0/s1. The molecule has 12 heavy (non-hydrogen) atoms. The minimum absolute atomic E-state index is 0.503. The van der Waals surface area contributed by atoms with Crippen LogP contribution in [0.1, 0.15) is 12.8 Å². The second kappa shape index (κ2) is 3.03. The lowest BCUT2D eigenvalue weighted by molar-refractivity contribution is 0.520. The Bertz CT molecular complexity index is 226. The van der Waals surface area contributed by atoms with Crippen LogP contribution in [0, 0.1) is 11.8 Å². The monoisotopic (exact) mass is 183 g/mol. The van der Waals surface area contributed by atoms with Crippen molar-refractivity contribution >= 4 is 17.3 Å². The van der Waals surface area contributed by atoms with Gasteiger partial charge in [-0.1, -0.05) is 12.2 Å². The van der Waals surface area contributed by atoms with Gasteiger partial charge in [0.25, 0.3) is 0 Å². The highest BCUT2D eigenvalue weighted by Crippen LogP contribution is 2.38. The number of nitrogens with one attached hydrogen (secondary N) is 2. The summed E-state index contributed by atoms with van der Waals surface area (Å²) in [4.78, 5) is 0. The molecule has 3 atom stereocenters. The third-order valence-corrected chi connectivity index (χ3v) is 2.96. The molecular formula is C8H13N3S. The number of hydrogen-bond acceptors (Lipinski definition) is 2. The Morgan fingerprint density at radius 3 is 2.75 bits per heavy atom. The van der Waals surface area contributed by atoms with Crippen LogP contribution < -0.4 is 16.6 Å². The van der Waals surface area contributed by atoms with E-state index < -0.39 is 0 Å². The van der Waals surface area contributed by atoms with Gasteiger partial charge in [0.2, 0.25) is 0 Å². The summed E-state index contributed by atoms with van der Waals surface area (Å²) in [6.07, 6.45) is 7.07. The summed E-state index contributed by atoms with van der Waals surface area (Å²) in [6.45, 7) is 0. The number of allylic oxidation sites excluding steroid dienone is 1. The fourth-order valence-electron chi connectivity index (χ4n) is 2.16. The Balaban J connectivity index is 1.91. The SMILES string of the molecule is NNC(=S)N[C@H]1C[C@H]2C=C[C@H]1C2. The molecule has 2 aliphatic carbocycles. The van der Waals surface area contributed by atoms with Crippen molar-refractivity contribution in [1.82, 2.24) is 10.7 Å². The van der Waals surface area contributed by atoms with Crippen molar-refractivity contribution in [2.75, 3.05) is 0 Å². The van der Waals surface area contributed by atoms with Crippen LogP contribution in [-0.4, -0.2) is 11.2 Å². The summed E-state index contributed by atoms with van der Waals surface area (Å²) in [5.41, 5.74) is 2.45. The van der Waals surface area contributed by atoms with Crippen molar-refractivity contribution in [3.63, 3.8) is 0 Å². The van der Waals surface area contributed by atoms with Gasteiger partial charge in [0, 0.05) is 6.04 Å². The molecule has 0 radical (unpaired) electrons. The first kappa shape index (κ1) is 8.01. The van der Waals surface area contributed by atoms with Crippen LogP contribution in [0.5, 0.6) is 0 Å². The van der Waals surface area contributed by atoms with Gasteiger partial charge in [-0.25, -0.2) is 5.84 Å². The summed E-state index contributed by atoms with van der Waals surface area (Å²) >= 11 is 4.94. The highest BCUT2D eigenvalue weighted by molar-refractivity contribution is 7.80. The predicted molar refractivity (Wildman–Crippen MR) is 52.2 cm³/mol. The van der Waals surface area contributed by atoms with Gasteiger partial charge in [-0.2, -0.15) is 0 Å². The van der Waals surface area contributed by atoms with E-state index in [4.69, 9.17) is 18.1 Å². The molecule has 2 aliphatic rings. The minimum Gasteiger partial charge on any atom is -0.358 e. The highest BCUT2D eigenvalue weighted by Gasteiger charge is 2.35. The highest BCUT2D eigenvalue weighted by atomic mass is 32.1. The van der Waals surface area contributed by atoms with E-state index in [1.54, 1.807) is 0 Å². The lowest BCUT2D eigenvalue weighted by Gasteiger charge is -2.20. The van der Waals surface area contributed by atoms with Gasteiger partial charge in [0.15, 0.2) is 5.11 Å². The number of rotatable bonds is 1. The average molecular weight is 183 g/mol. The summed E-state index contributed by atoms with van der Waals surface area (Å²) in [5, 5.41) is 3.76. The molecule has 1 fully saturated rings. The smallest absolute Gasteiger partial charge is 0.180 e. The lowest BCUT2D eigenvalue weighted by atomic mass is 10.0. The molecule has 0 saturated heterocycles. The Morgan fingerprint density at radius 1 is 1.42 bits per heavy atom. The summed E-state index contributed by atoms with van der Waals surface area (Å²) in [6, 6.07) is 0.503. The normalized spacial score (nSPS) is 36.9. The molecule has 0 amide bonds. The van der Waals surface area contributed by atoms with Crippen LogP contribution in [0.2, 0.25) is 0 Å². The van der Waals surface area contributed by atoms with Crippen molar-refractivity contribution in [1.29, 1.82) is 0 Å². The van der Waals surface area contributed by atoms with Crippen molar-refractivity contribution in [2.45, 2.75) is 18.9 Å². The van der Waals surface area contributed by atoms with Gasteiger partial charge in [0.1, 0.15) is 0 Å². The first-order chi connectivity index (χ1) is 5.79. The van der Waals surface area contributed by atoms with Crippen molar-refractivity contribution < 1.29 is 0 Å². The Morgan fingerprint density at radius 2 is 2.25 bits per heavy atom. The second-order valence-electron chi connectivity index (χ2n) is 3.50. The van der Waals surface area contributed by atoms with Crippen LogP contribution in [0.25, 0.3) is 0 Å². The molecule has 2 rings (SSSR count). The minimum atomic E-state index is 0.503. The van der Waals surface area contributed by atoms with E-state index >= 15 is 0 Å². The van der Waals surface area contributed by atoms with E-state index in [-0.39, 0.29) is 0 Å². The van der Waals surface area contributed by atoms with Crippen LogP contribution in [-0.2, 0) is 0 Å². The lowest BCUT2D eigenvalue weighted by Crippen LogP contribution is -2.46. The summed E-state index contributed by atoms with van der Waals surface area (Å²) < 4.78 is 0. The molecule has 0 aromatic carbocycles. The summed E-state index contributed by atoms with van der Waals surface area (Å²) in [5.74, 6) is 6.62. The Labute approximate surface area is 77.4 Å². The molecule has 0 heterocycles. The Kier molecular flexibility index (Phi) is 2.02. The van der Waals surface area contributed by atoms with Crippen molar-refractivity contribution in [3.05, 3.63) is 12.2 Å². The second-order valence-corrected chi connectivity index (χ2v) is 3.91. The van der Waals surface area contributed by atoms with Gasteiger partial charge in [-0.3, -0.25) is 0 Å². The van der Waals surface area contributed by atoms with Gasteiger partial charge < -0.3 is 10.7 Å². The van der Waals surface area contributed by atoms with Gasteiger partial charge in [0.05, 0.1) is 0 Å². The molecule has 4 N–H and O–H groups in total. The Hall–Kier alpha value is -0.610. The molecule has 2 bridgehead atoms. The zero-order valence-electron chi connectivity index (χ0n) is 6.79. The molecule has 4 heteroatoms. The molecule has 1 saturated carbocycles. The van der Waals surface area contributed by atoms with Gasteiger partial charge in [-0.15, -0.1) is 0 Å². The molecule has 0 aromatic heterocycles. The van der Waals surface area contributed by atoms with E-state index in [0.717, 1.165) is 5.92 Å². The average Bonchev–Trinajstić information content (AvgIpc) is 2.64. The molecule has 0 aromatic rings. The van der Waals surface area contributed by atoms with Gasteiger partial charge >= 0.3 is 0 Å². The van der Waals surface area contributed by atoms with Crippen molar-refractivity contribution in [3.8, 4) is 0 Å². The molecular weight excluding hydrogens is 170 g/mol. The van der Waals surface area contributed by atoms with E-state index in [2.05, 4.69) is 22.9 Å². The van der Waals surface area contributed by atoms with Crippen LogP contribution >= 0.6 is 12.2 Å². The number of nitrogens with two attached hydrogens (primary N) is 1. The molecule has 66 valence electrons. The maximum absolute atomic E-state index is 5.18. The molecule has 3 nitrogen and oxygen atoms in total. The largest absolute Gasteiger partial charge is 0.358 e. The first-order valence-corrected chi connectivity index (χ1v) is 4.66. The van der Waals surface area contributed by atoms with Crippen molar-refractivity contribution in [2.24, 2.45) is 17.7 Å². The van der Waals surface area contributed by atoms with Crippen LogP contribution in [0.4, 0.5) is 0 Å². The van der Waals surface area contributed by atoms with Gasteiger partial charge in [-0.05, 0) is 36.9 Å². The maximum atomic E-state index is 5.18. The van der Waals surface area contributed by atoms with E-state index in [9.17, 15) is 0 Å². The molecule has 0 aliphatic heterocycles.